The van der Waals surface area contributed by atoms with Gasteiger partial charge in [0.15, 0.2) is 0 Å². The summed E-state index contributed by atoms with van der Waals surface area (Å²) in [5.41, 5.74) is 5.39. The molecule has 0 radical (unpaired) electrons. The summed E-state index contributed by atoms with van der Waals surface area (Å²) < 4.78 is 5.22. The smallest absolute Gasteiger partial charge is 0.119 e. The summed E-state index contributed by atoms with van der Waals surface area (Å²) in [7, 11) is 1.70. The van der Waals surface area contributed by atoms with E-state index < -0.39 is 0 Å². The lowest BCUT2D eigenvalue weighted by Gasteiger charge is -2.31. The topological polar surface area (TPSA) is 12.5 Å². The predicted octanol–water partition coefficient (Wildman–Crippen LogP) is 4.09. The van der Waals surface area contributed by atoms with Crippen LogP contribution in [0.5, 0.6) is 5.75 Å². The monoisotopic (exact) mass is 253 g/mol. The van der Waals surface area contributed by atoms with E-state index in [0.29, 0.717) is 0 Å². The molecular formula is C17H19NO. The van der Waals surface area contributed by atoms with E-state index in [-0.39, 0.29) is 0 Å². The number of methoxy groups -OCH3 is 1. The van der Waals surface area contributed by atoms with E-state index in [1.165, 1.54) is 35.3 Å². The lowest BCUT2D eigenvalue weighted by molar-refractivity contribution is 0.415. The summed E-state index contributed by atoms with van der Waals surface area (Å²) in [6, 6.07) is 15.1. The number of fused-ring (bicyclic) bond motifs is 1. The Hall–Kier alpha value is -1.96. The molecule has 0 atom stereocenters. The van der Waals surface area contributed by atoms with E-state index in [2.05, 4.69) is 42.2 Å². The molecule has 2 heteroatoms. The van der Waals surface area contributed by atoms with Gasteiger partial charge in [-0.3, -0.25) is 0 Å². The highest BCUT2D eigenvalue weighted by Crippen LogP contribution is 2.34. The Morgan fingerprint density at radius 3 is 2.58 bits per heavy atom. The van der Waals surface area contributed by atoms with E-state index in [4.69, 9.17) is 4.74 Å². The first kappa shape index (κ1) is 12.1. The van der Waals surface area contributed by atoms with Crippen molar-refractivity contribution < 1.29 is 4.74 Å². The molecule has 0 unspecified atom stereocenters. The van der Waals surface area contributed by atoms with Crippen molar-refractivity contribution in [2.24, 2.45) is 0 Å². The molecule has 0 aliphatic carbocycles. The maximum absolute atomic E-state index is 5.22. The fourth-order valence-corrected chi connectivity index (χ4v) is 2.76. The van der Waals surface area contributed by atoms with Gasteiger partial charge in [0, 0.05) is 17.9 Å². The molecule has 2 aromatic carbocycles. The van der Waals surface area contributed by atoms with Crippen LogP contribution < -0.4 is 9.64 Å². The molecule has 0 N–H and O–H groups in total. The predicted molar refractivity (Wildman–Crippen MR) is 79.5 cm³/mol. The van der Waals surface area contributed by atoms with E-state index in [1.54, 1.807) is 7.11 Å². The van der Waals surface area contributed by atoms with Crippen molar-refractivity contribution in [3.05, 3.63) is 53.6 Å². The molecular weight excluding hydrogens is 234 g/mol. The third kappa shape index (κ3) is 2.30. The zero-order valence-corrected chi connectivity index (χ0v) is 11.5. The molecule has 0 aromatic heterocycles. The highest BCUT2D eigenvalue weighted by molar-refractivity contribution is 5.68. The lowest BCUT2D eigenvalue weighted by atomic mass is 9.99. The second kappa shape index (κ2) is 4.96. The molecule has 1 aliphatic heterocycles. The molecule has 0 saturated heterocycles. The summed E-state index contributed by atoms with van der Waals surface area (Å²) in [4.78, 5) is 2.40. The zero-order valence-electron chi connectivity index (χ0n) is 11.5. The average Bonchev–Trinajstić information content (AvgIpc) is 2.46. The first-order valence-corrected chi connectivity index (χ1v) is 6.79. The van der Waals surface area contributed by atoms with Gasteiger partial charge in [0.05, 0.1) is 7.11 Å². The molecule has 0 bridgehead atoms. The molecule has 1 aliphatic rings. The Kier molecular flexibility index (Phi) is 3.16. The molecule has 0 saturated carbocycles. The molecule has 2 nitrogen and oxygen atoms in total. The first-order chi connectivity index (χ1) is 9.28. The molecule has 98 valence electrons. The van der Waals surface area contributed by atoms with Crippen LogP contribution in [0.3, 0.4) is 0 Å². The van der Waals surface area contributed by atoms with Crippen molar-refractivity contribution in [2.45, 2.75) is 19.8 Å². The minimum atomic E-state index is 0.907. The SMILES string of the molecule is COc1ccc(N2CCCc3cc(C)ccc32)cc1. The first-order valence-electron chi connectivity index (χ1n) is 6.79. The van der Waals surface area contributed by atoms with Gasteiger partial charge in [-0.15, -0.1) is 0 Å². The summed E-state index contributed by atoms with van der Waals surface area (Å²) in [6.45, 7) is 3.25. The third-order valence-electron chi connectivity index (χ3n) is 3.74. The molecule has 0 amide bonds. The van der Waals surface area contributed by atoms with Gasteiger partial charge in [0.2, 0.25) is 0 Å². The number of aryl methyl sites for hydroxylation is 2. The number of anilines is 2. The fourth-order valence-electron chi connectivity index (χ4n) is 2.76. The summed E-state index contributed by atoms with van der Waals surface area (Å²) >= 11 is 0. The molecule has 1 heterocycles. The van der Waals surface area contributed by atoms with Gasteiger partial charge in [-0.1, -0.05) is 17.7 Å². The normalized spacial score (nSPS) is 14.1. The molecule has 19 heavy (non-hydrogen) atoms. The molecule has 0 fully saturated rings. The van der Waals surface area contributed by atoms with Crippen molar-refractivity contribution >= 4 is 11.4 Å². The number of hydrogen-bond acceptors (Lipinski definition) is 2. The van der Waals surface area contributed by atoms with Crippen LogP contribution in [0.4, 0.5) is 11.4 Å². The standard InChI is InChI=1S/C17H19NO/c1-13-5-10-17-14(12-13)4-3-11-18(17)15-6-8-16(19-2)9-7-15/h5-10,12H,3-4,11H2,1-2H3. The quantitative estimate of drug-likeness (QED) is 0.799. The minimum Gasteiger partial charge on any atom is -0.497 e. The van der Waals surface area contributed by atoms with Crippen LogP contribution in [0.2, 0.25) is 0 Å². The summed E-state index contributed by atoms with van der Waals surface area (Å²) in [5, 5.41) is 0. The number of ether oxygens (including phenoxy) is 1. The van der Waals surface area contributed by atoms with Crippen molar-refractivity contribution in [1.82, 2.24) is 0 Å². The summed E-state index contributed by atoms with van der Waals surface area (Å²) in [5.74, 6) is 0.907. The number of nitrogens with zero attached hydrogens (tertiary/aromatic N) is 1. The Balaban J connectivity index is 1.98. The summed E-state index contributed by atoms with van der Waals surface area (Å²) in [6.07, 6.45) is 2.39. The fraction of sp³-hybridized carbons (Fsp3) is 0.294. The maximum atomic E-state index is 5.22. The lowest BCUT2D eigenvalue weighted by Crippen LogP contribution is -2.24. The van der Waals surface area contributed by atoms with Crippen LogP contribution in [-0.4, -0.2) is 13.7 Å². The highest BCUT2D eigenvalue weighted by atomic mass is 16.5. The second-order valence-electron chi connectivity index (χ2n) is 5.09. The third-order valence-corrected chi connectivity index (χ3v) is 3.74. The highest BCUT2D eigenvalue weighted by Gasteiger charge is 2.18. The zero-order chi connectivity index (χ0) is 13.2. The number of benzene rings is 2. The van der Waals surface area contributed by atoms with Crippen molar-refractivity contribution in [2.75, 3.05) is 18.6 Å². The van der Waals surface area contributed by atoms with E-state index in [9.17, 15) is 0 Å². The Morgan fingerprint density at radius 2 is 1.84 bits per heavy atom. The Bertz CT molecular complexity index is 574. The number of hydrogen-bond donors (Lipinski definition) is 0. The molecule has 3 rings (SSSR count). The van der Waals surface area contributed by atoms with Gasteiger partial charge < -0.3 is 9.64 Å². The van der Waals surface area contributed by atoms with Crippen LogP contribution in [0.25, 0.3) is 0 Å². The van der Waals surface area contributed by atoms with Gasteiger partial charge in [0.25, 0.3) is 0 Å². The van der Waals surface area contributed by atoms with E-state index in [1.807, 2.05) is 12.1 Å². The van der Waals surface area contributed by atoms with E-state index in [0.717, 1.165) is 12.3 Å². The Morgan fingerprint density at radius 1 is 1.05 bits per heavy atom. The van der Waals surface area contributed by atoms with Crippen LogP contribution >= 0.6 is 0 Å². The average molecular weight is 253 g/mol. The van der Waals surface area contributed by atoms with Gasteiger partial charge in [0.1, 0.15) is 5.75 Å². The van der Waals surface area contributed by atoms with E-state index >= 15 is 0 Å². The van der Waals surface area contributed by atoms with Crippen LogP contribution in [-0.2, 0) is 6.42 Å². The second-order valence-corrected chi connectivity index (χ2v) is 5.09. The molecule has 0 spiro atoms. The van der Waals surface area contributed by atoms with Gasteiger partial charge >= 0.3 is 0 Å². The maximum Gasteiger partial charge on any atom is 0.119 e. The minimum absolute atomic E-state index is 0.907. The van der Waals surface area contributed by atoms with Crippen molar-refractivity contribution in [3.8, 4) is 5.75 Å². The van der Waals surface area contributed by atoms with Gasteiger partial charge in [-0.25, -0.2) is 0 Å². The largest absolute Gasteiger partial charge is 0.497 e. The van der Waals surface area contributed by atoms with Gasteiger partial charge in [-0.2, -0.15) is 0 Å². The van der Waals surface area contributed by atoms with Crippen LogP contribution in [0.1, 0.15) is 17.5 Å². The van der Waals surface area contributed by atoms with Gasteiger partial charge in [-0.05, 0) is 55.7 Å². The Labute approximate surface area is 114 Å². The van der Waals surface area contributed by atoms with Crippen molar-refractivity contribution in [3.63, 3.8) is 0 Å². The van der Waals surface area contributed by atoms with Crippen LogP contribution in [0, 0.1) is 6.92 Å². The number of rotatable bonds is 2. The van der Waals surface area contributed by atoms with Crippen LogP contribution in [0.15, 0.2) is 42.5 Å². The molecule has 2 aromatic rings. The van der Waals surface area contributed by atoms with Crippen molar-refractivity contribution in [1.29, 1.82) is 0 Å².